The summed E-state index contributed by atoms with van der Waals surface area (Å²) < 4.78 is 34.4. The van der Waals surface area contributed by atoms with Crippen LogP contribution in [-0.4, -0.2) is 193 Å². The van der Waals surface area contributed by atoms with Crippen LogP contribution in [0.4, 0.5) is 0 Å². The highest BCUT2D eigenvalue weighted by molar-refractivity contribution is 5.76. The lowest BCUT2D eigenvalue weighted by molar-refractivity contribution is -0.379. The molecule has 19 heteroatoms. The Morgan fingerprint density at radius 2 is 0.711 bits per heavy atom. The van der Waals surface area contributed by atoms with Crippen molar-refractivity contribution in [3.8, 4) is 0 Å². The number of ether oxygens (including phenoxy) is 6. The van der Waals surface area contributed by atoms with Crippen molar-refractivity contribution in [1.29, 1.82) is 0 Å². The first-order valence-electron chi connectivity index (χ1n) is 37.3. The lowest BCUT2D eigenvalue weighted by Gasteiger charge is -2.48. The zero-order chi connectivity index (χ0) is 70.4. The molecule has 1 amide bonds. The SMILES string of the molecule is CC/C=C\C/C=C\C/C=C\C/C=C\C/C=C\C/C=C\C/C=C\C/C=C\C/C=C\CCCC(=O)NC(COC1OC(CO)C(OC2OC(CO)C(OC3OC(CO)C(O)C(O)C3O)C(O)C2O)C(O)C1O)C(O)/C=C/CCCCCCCCCCCCCCCCCCCCCCC. The quantitative estimate of drug-likeness (QED) is 0.0199. The van der Waals surface area contributed by atoms with Gasteiger partial charge in [-0.2, -0.15) is 0 Å². The van der Waals surface area contributed by atoms with Crippen molar-refractivity contribution in [1.82, 2.24) is 5.32 Å². The first-order chi connectivity index (χ1) is 47.3. The van der Waals surface area contributed by atoms with Gasteiger partial charge in [0, 0.05) is 6.42 Å². The molecule has 0 aromatic heterocycles. The molecule has 0 bridgehead atoms. The van der Waals surface area contributed by atoms with Gasteiger partial charge >= 0.3 is 0 Å². The minimum atomic E-state index is -1.99. The third-order valence-corrected chi connectivity index (χ3v) is 17.8. The fourth-order valence-corrected chi connectivity index (χ4v) is 11.8. The molecule has 17 unspecified atom stereocenters. The lowest BCUT2D eigenvalue weighted by Crippen LogP contribution is -2.66. The maximum Gasteiger partial charge on any atom is 0.220 e. The number of carbonyl (C=O) groups excluding carboxylic acids is 1. The molecule has 3 aliphatic rings. The van der Waals surface area contributed by atoms with Gasteiger partial charge in [-0.1, -0.05) is 264 Å². The first-order valence-corrected chi connectivity index (χ1v) is 37.3. The minimum Gasteiger partial charge on any atom is -0.394 e. The normalized spacial score (nSPS) is 27.6. The van der Waals surface area contributed by atoms with E-state index in [1.807, 2.05) is 12.2 Å². The van der Waals surface area contributed by atoms with Crippen molar-refractivity contribution in [3.05, 3.63) is 122 Å². The third kappa shape index (κ3) is 38.7. The summed E-state index contributed by atoms with van der Waals surface area (Å²) in [6, 6.07) is -1.01. The molecule has 0 saturated carbocycles. The first kappa shape index (κ1) is 87.4. The smallest absolute Gasteiger partial charge is 0.220 e. The van der Waals surface area contributed by atoms with Crippen LogP contribution in [0, 0.1) is 0 Å². The predicted octanol–water partition coefficient (Wildman–Crippen LogP) is 11.2. The molecule has 0 aromatic carbocycles. The van der Waals surface area contributed by atoms with Crippen molar-refractivity contribution in [2.75, 3.05) is 26.4 Å². The van der Waals surface area contributed by atoms with Crippen molar-refractivity contribution in [2.24, 2.45) is 0 Å². The van der Waals surface area contributed by atoms with E-state index >= 15 is 0 Å². The third-order valence-electron chi connectivity index (χ3n) is 17.8. The number of rotatable bonds is 56. The summed E-state index contributed by atoms with van der Waals surface area (Å²) >= 11 is 0. The number of hydrogen-bond acceptors (Lipinski definition) is 18. The largest absolute Gasteiger partial charge is 0.394 e. The van der Waals surface area contributed by atoms with Gasteiger partial charge in [0.2, 0.25) is 5.91 Å². The van der Waals surface area contributed by atoms with E-state index in [1.165, 1.54) is 116 Å². The number of unbranched alkanes of at least 4 members (excludes halogenated alkanes) is 22. The molecule has 17 atom stereocenters. The van der Waals surface area contributed by atoms with E-state index in [2.05, 4.69) is 122 Å². The van der Waals surface area contributed by atoms with E-state index in [-0.39, 0.29) is 18.9 Å². The summed E-state index contributed by atoms with van der Waals surface area (Å²) in [5.41, 5.74) is 0. The number of amides is 1. The van der Waals surface area contributed by atoms with Gasteiger partial charge in [-0.15, -0.1) is 0 Å². The average Bonchev–Trinajstić information content (AvgIpc) is 0.789. The summed E-state index contributed by atoms with van der Waals surface area (Å²) in [5.74, 6) is -0.337. The van der Waals surface area contributed by atoms with Crippen molar-refractivity contribution in [3.63, 3.8) is 0 Å². The van der Waals surface area contributed by atoms with Gasteiger partial charge in [0.05, 0.1) is 38.6 Å². The highest BCUT2D eigenvalue weighted by Crippen LogP contribution is 2.33. The molecule has 3 aliphatic heterocycles. The van der Waals surface area contributed by atoms with Crippen LogP contribution in [0.2, 0.25) is 0 Å². The summed E-state index contributed by atoms with van der Waals surface area (Å²) in [7, 11) is 0. The van der Waals surface area contributed by atoms with E-state index in [0.717, 1.165) is 83.5 Å². The molecule has 0 aliphatic carbocycles. The predicted molar refractivity (Wildman–Crippen MR) is 383 cm³/mol. The van der Waals surface area contributed by atoms with Crippen LogP contribution in [0.5, 0.6) is 0 Å². The van der Waals surface area contributed by atoms with Gasteiger partial charge in [-0.05, 0) is 83.5 Å². The Hall–Kier alpha value is -3.81. The Kier molecular flexibility index (Phi) is 52.1. The van der Waals surface area contributed by atoms with Crippen LogP contribution in [0.3, 0.4) is 0 Å². The fourth-order valence-electron chi connectivity index (χ4n) is 11.8. The average molecular weight is 1370 g/mol. The molecule has 12 N–H and O–H groups in total. The van der Waals surface area contributed by atoms with E-state index in [0.29, 0.717) is 12.8 Å². The number of carbonyl (C=O) groups is 1. The van der Waals surface area contributed by atoms with Crippen LogP contribution >= 0.6 is 0 Å². The number of nitrogens with one attached hydrogen (secondary N) is 1. The second-order valence-corrected chi connectivity index (χ2v) is 26.0. The van der Waals surface area contributed by atoms with Crippen molar-refractivity contribution in [2.45, 2.75) is 336 Å². The molecule has 97 heavy (non-hydrogen) atoms. The van der Waals surface area contributed by atoms with Crippen LogP contribution in [0.1, 0.15) is 232 Å². The number of allylic oxidation sites excluding steroid dienone is 19. The van der Waals surface area contributed by atoms with Gasteiger partial charge in [-0.3, -0.25) is 4.79 Å². The molecule has 0 aromatic rings. The molecule has 3 fully saturated rings. The second-order valence-electron chi connectivity index (χ2n) is 26.0. The highest BCUT2D eigenvalue weighted by atomic mass is 16.8. The Morgan fingerprint density at radius 3 is 1.10 bits per heavy atom. The Labute approximate surface area is 582 Å². The van der Waals surface area contributed by atoms with E-state index in [9.17, 15) is 61.0 Å². The summed E-state index contributed by atoms with van der Waals surface area (Å²) in [5, 5.41) is 121. The maximum atomic E-state index is 13.4. The number of aliphatic hydroxyl groups is 11. The fraction of sp³-hybridized carbons (Fsp3) is 0.731. The van der Waals surface area contributed by atoms with Crippen LogP contribution in [-0.2, 0) is 33.2 Å². The van der Waals surface area contributed by atoms with Gasteiger partial charge in [0.15, 0.2) is 18.9 Å². The Balaban J connectivity index is 1.45. The number of aliphatic hydroxyl groups excluding tert-OH is 11. The van der Waals surface area contributed by atoms with Crippen molar-refractivity contribution >= 4 is 5.91 Å². The highest BCUT2D eigenvalue weighted by Gasteiger charge is 2.53. The Bertz CT molecular complexity index is 2230. The van der Waals surface area contributed by atoms with Gasteiger partial charge in [-0.25, -0.2) is 0 Å². The maximum absolute atomic E-state index is 13.4. The second kappa shape index (κ2) is 57.8. The molecule has 3 saturated heterocycles. The summed E-state index contributed by atoms with van der Waals surface area (Å²) in [6.45, 7) is 1.58. The van der Waals surface area contributed by atoms with Gasteiger partial charge in [0.1, 0.15) is 73.2 Å². The molecule has 0 radical (unpaired) electrons. The van der Waals surface area contributed by atoms with E-state index in [4.69, 9.17) is 28.4 Å². The van der Waals surface area contributed by atoms with E-state index < -0.39 is 124 Å². The van der Waals surface area contributed by atoms with Crippen LogP contribution < -0.4 is 5.32 Å². The molecular weight excluding hydrogens is 1240 g/mol. The van der Waals surface area contributed by atoms with Crippen LogP contribution in [0.15, 0.2) is 122 Å². The molecule has 3 heterocycles. The molecular formula is C78H131NO18. The summed E-state index contributed by atoms with van der Waals surface area (Å²) in [4.78, 5) is 13.4. The minimum absolute atomic E-state index is 0.155. The lowest BCUT2D eigenvalue weighted by atomic mass is 9.96. The van der Waals surface area contributed by atoms with Gasteiger partial charge in [0.25, 0.3) is 0 Å². The Morgan fingerprint density at radius 1 is 0.381 bits per heavy atom. The zero-order valence-corrected chi connectivity index (χ0v) is 59.0. The standard InChI is InChI=1S/C78H131NO18/c1-3-5-7-9-11-13-15-17-19-21-23-25-27-28-29-30-31-32-34-36-38-40-42-44-46-48-50-52-54-56-66(84)79-61(62(83)55-53-51-49-47-45-43-41-39-37-35-33-26-24-22-20-18-16-14-12-10-8-6-4-2)60-92-76-72(90)69(87)74(64(58-81)94-76)97-78-73(91)70(88)75(65(59-82)95-78)96-77-71(89)68(86)67(85)63(57-80)93-77/h5,7,11,13,17,19,23,25,28-29,31-32,36,38,42,44,48,50,53,55,61-65,67-78,80-83,85-91H,3-4,6,8-10,12,14-16,18,20-22,24,26-27,30,33-35,37,39-41,43,45-47,49,51-52,54,56-60H2,1-2H3,(H,79,84)/b7-5-,13-11-,19-17-,25-23-,29-28-,32-31-,38-36-,44-42-,50-48-,55-53+. The van der Waals surface area contributed by atoms with E-state index in [1.54, 1.807) is 6.08 Å². The van der Waals surface area contributed by atoms with Crippen molar-refractivity contribution < 1.29 is 89.4 Å². The molecule has 556 valence electrons. The molecule has 0 spiro atoms. The zero-order valence-electron chi connectivity index (χ0n) is 59.0. The number of hydrogen-bond donors (Lipinski definition) is 12. The topological polar surface area (TPSA) is 307 Å². The van der Waals surface area contributed by atoms with Gasteiger partial charge < -0.3 is 89.9 Å². The van der Waals surface area contributed by atoms with Crippen LogP contribution in [0.25, 0.3) is 0 Å². The summed E-state index contributed by atoms with van der Waals surface area (Å²) in [6.07, 6.45) is 53.1. The monoisotopic (exact) mass is 1370 g/mol. The molecule has 3 rings (SSSR count). The molecule has 19 nitrogen and oxygen atoms in total.